The Morgan fingerprint density at radius 3 is 2.50 bits per heavy atom. The minimum Gasteiger partial charge on any atom is -0.324 e. The molecular formula is C10H15BrClFN2O2S. The van der Waals surface area contributed by atoms with Gasteiger partial charge in [-0.15, -0.1) is 12.4 Å². The van der Waals surface area contributed by atoms with Crippen LogP contribution in [0.25, 0.3) is 0 Å². The lowest BCUT2D eigenvalue weighted by molar-refractivity contribution is 0.497. The van der Waals surface area contributed by atoms with Crippen LogP contribution in [0.3, 0.4) is 0 Å². The predicted octanol–water partition coefficient (Wildman–Crippen LogP) is 2.03. The van der Waals surface area contributed by atoms with Gasteiger partial charge in [0.25, 0.3) is 0 Å². The van der Waals surface area contributed by atoms with Crippen LogP contribution in [-0.2, 0) is 10.0 Å². The third kappa shape index (κ3) is 5.19. The van der Waals surface area contributed by atoms with Crippen molar-refractivity contribution in [2.24, 2.45) is 5.73 Å². The van der Waals surface area contributed by atoms with Crippen LogP contribution in [0.2, 0.25) is 0 Å². The molecular weight excluding hydrogens is 347 g/mol. The van der Waals surface area contributed by atoms with Crippen molar-refractivity contribution in [2.45, 2.75) is 24.3 Å². The van der Waals surface area contributed by atoms with Gasteiger partial charge >= 0.3 is 0 Å². The van der Waals surface area contributed by atoms with E-state index < -0.39 is 21.4 Å². The van der Waals surface area contributed by atoms with Crippen molar-refractivity contribution in [1.82, 2.24) is 4.72 Å². The average molecular weight is 362 g/mol. The monoisotopic (exact) mass is 360 g/mol. The molecule has 18 heavy (non-hydrogen) atoms. The first kappa shape index (κ1) is 17.8. The lowest BCUT2D eigenvalue weighted by atomic mass is 10.1. The number of rotatable bonds is 4. The highest BCUT2D eigenvalue weighted by molar-refractivity contribution is 9.10. The van der Waals surface area contributed by atoms with Gasteiger partial charge in [0.05, 0.1) is 4.90 Å². The Labute approximate surface area is 121 Å². The predicted molar refractivity (Wildman–Crippen MR) is 74.8 cm³/mol. The van der Waals surface area contributed by atoms with E-state index in [1.54, 1.807) is 13.8 Å². The molecule has 0 aliphatic carbocycles. The number of hydrogen-bond acceptors (Lipinski definition) is 3. The molecule has 8 heteroatoms. The van der Waals surface area contributed by atoms with E-state index >= 15 is 0 Å². The lowest BCUT2D eigenvalue weighted by Crippen LogP contribution is -2.45. The van der Waals surface area contributed by atoms with E-state index in [1.807, 2.05) is 0 Å². The molecule has 0 aliphatic heterocycles. The number of halogens is 3. The van der Waals surface area contributed by atoms with Crippen LogP contribution in [0.5, 0.6) is 0 Å². The summed E-state index contributed by atoms with van der Waals surface area (Å²) in [6.07, 6.45) is 0. The molecule has 0 saturated heterocycles. The van der Waals surface area contributed by atoms with Gasteiger partial charge in [0.1, 0.15) is 5.82 Å². The molecule has 0 amide bonds. The van der Waals surface area contributed by atoms with Crippen molar-refractivity contribution in [3.63, 3.8) is 0 Å². The Morgan fingerprint density at radius 2 is 2.00 bits per heavy atom. The van der Waals surface area contributed by atoms with E-state index in [0.717, 1.165) is 6.07 Å². The van der Waals surface area contributed by atoms with E-state index in [0.29, 0.717) is 4.47 Å². The van der Waals surface area contributed by atoms with Gasteiger partial charge < -0.3 is 5.73 Å². The zero-order valence-electron chi connectivity index (χ0n) is 9.91. The summed E-state index contributed by atoms with van der Waals surface area (Å²) in [5.74, 6) is -0.611. The maximum atomic E-state index is 13.0. The molecule has 0 atom stereocenters. The van der Waals surface area contributed by atoms with Crippen molar-refractivity contribution < 1.29 is 12.8 Å². The highest BCUT2D eigenvalue weighted by Crippen LogP contribution is 2.22. The highest BCUT2D eigenvalue weighted by atomic mass is 79.9. The maximum absolute atomic E-state index is 13.0. The topological polar surface area (TPSA) is 72.2 Å². The molecule has 3 N–H and O–H groups in total. The molecule has 1 rings (SSSR count). The zero-order valence-corrected chi connectivity index (χ0v) is 13.1. The van der Waals surface area contributed by atoms with Crippen molar-refractivity contribution in [3.8, 4) is 0 Å². The third-order valence-electron chi connectivity index (χ3n) is 1.90. The summed E-state index contributed by atoms with van der Waals surface area (Å²) in [5.41, 5.74) is 5.00. The van der Waals surface area contributed by atoms with Crippen molar-refractivity contribution >= 4 is 38.4 Å². The van der Waals surface area contributed by atoms with E-state index in [1.165, 1.54) is 12.1 Å². The molecule has 4 nitrogen and oxygen atoms in total. The second-order valence-electron chi connectivity index (χ2n) is 4.39. The first-order valence-corrected chi connectivity index (χ1v) is 7.13. The summed E-state index contributed by atoms with van der Waals surface area (Å²) in [6.45, 7) is 3.45. The van der Waals surface area contributed by atoms with Crippen LogP contribution in [0.1, 0.15) is 13.8 Å². The molecule has 0 spiro atoms. The van der Waals surface area contributed by atoms with E-state index in [2.05, 4.69) is 20.7 Å². The molecule has 0 aliphatic rings. The molecule has 1 aromatic rings. The van der Waals surface area contributed by atoms with Gasteiger partial charge in [-0.2, -0.15) is 0 Å². The molecule has 0 heterocycles. The summed E-state index contributed by atoms with van der Waals surface area (Å²) in [7, 11) is -3.76. The second-order valence-corrected chi connectivity index (χ2v) is 6.98. The van der Waals surface area contributed by atoms with Crippen LogP contribution in [0.15, 0.2) is 27.6 Å². The molecule has 0 unspecified atom stereocenters. The Balaban J connectivity index is 0.00000289. The Bertz CT molecular complexity index is 517. The smallest absolute Gasteiger partial charge is 0.241 e. The molecule has 0 radical (unpaired) electrons. The van der Waals surface area contributed by atoms with Gasteiger partial charge in [-0.1, -0.05) is 0 Å². The molecule has 0 saturated carbocycles. The van der Waals surface area contributed by atoms with Crippen LogP contribution >= 0.6 is 28.3 Å². The zero-order chi connectivity index (χ0) is 13.3. The van der Waals surface area contributed by atoms with Gasteiger partial charge in [-0.3, -0.25) is 0 Å². The number of benzene rings is 1. The SMILES string of the molecule is CC(C)(N)CNS(=O)(=O)c1cc(F)ccc1Br.Cl. The van der Waals surface area contributed by atoms with Crippen LogP contribution < -0.4 is 10.5 Å². The number of hydrogen-bond donors (Lipinski definition) is 2. The Hall–Kier alpha value is -0.210. The summed E-state index contributed by atoms with van der Waals surface area (Å²) >= 11 is 3.07. The van der Waals surface area contributed by atoms with Crippen molar-refractivity contribution in [2.75, 3.05) is 6.54 Å². The molecule has 0 aromatic heterocycles. The van der Waals surface area contributed by atoms with E-state index in [4.69, 9.17) is 5.73 Å². The fourth-order valence-corrected chi connectivity index (χ4v) is 3.24. The fourth-order valence-electron chi connectivity index (χ4n) is 1.04. The summed E-state index contributed by atoms with van der Waals surface area (Å²) in [6, 6.07) is 3.48. The minimum atomic E-state index is -3.76. The van der Waals surface area contributed by atoms with Gasteiger partial charge in [0, 0.05) is 16.6 Å². The third-order valence-corrected chi connectivity index (χ3v) is 4.30. The summed E-state index contributed by atoms with van der Waals surface area (Å²) < 4.78 is 39.4. The Kier molecular flexibility index (Phi) is 6.22. The first-order chi connectivity index (χ1) is 7.62. The number of nitrogens with two attached hydrogens (primary N) is 1. The van der Waals surface area contributed by atoms with Crippen molar-refractivity contribution in [1.29, 1.82) is 0 Å². The van der Waals surface area contributed by atoms with Gasteiger partial charge in [0.2, 0.25) is 10.0 Å². The second kappa shape index (κ2) is 6.29. The normalized spacial score (nSPS) is 12.1. The summed E-state index contributed by atoms with van der Waals surface area (Å²) in [4.78, 5) is -0.137. The Morgan fingerprint density at radius 1 is 1.44 bits per heavy atom. The highest BCUT2D eigenvalue weighted by Gasteiger charge is 2.21. The van der Waals surface area contributed by atoms with Gasteiger partial charge in [0.15, 0.2) is 0 Å². The van der Waals surface area contributed by atoms with E-state index in [9.17, 15) is 12.8 Å². The van der Waals surface area contributed by atoms with Crippen LogP contribution in [0, 0.1) is 5.82 Å². The van der Waals surface area contributed by atoms with Crippen LogP contribution in [0.4, 0.5) is 4.39 Å². The van der Waals surface area contributed by atoms with E-state index in [-0.39, 0.29) is 23.8 Å². The minimum absolute atomic E-state index is 0. The standard InChI is InChI=1S/C10H14BrFN2O2S.ClH/c1-10(2,13)6-14-17(15,16)9-5-7(12)3-4-8(9)11;/h3-5,14H,6,13H2,1-2H3;1H. The molecule has 0 fully saturated rings. The maximum Gasteiger partial charge on any atom is 0.241 e. The van der Waals surface area contributed by atoms with Gasteiger partial charge in [-0.25, -0.2) is 17.5 Å². The largest absolute Gasteiger partial charge is 0.324 e. The quantitative estimate of drug-likeness (QED) is 0.862. The lowest BCUT2D eigenvalue weighted by Gasteiger charge is -2.19. The average Bonchev–Trinajstić information content (AvgIpc) is 2.18. The number of sulfonamides is 1. The van der Waals surface area contributed by atoms with Crippen LogP contribution in [-0.4, -0.2) is 20.5 Å². The fraction of sp³-hybridized carbons (Fsp3) is 0.400. The molecule has 104 valence electrons. The molecule has 1 aromatic carbocycles. The van der Waals surface area contributed by atoms with Gasteiger partial charge in [-0.05, 0) is 48.0 Å². The first-order valence-electron chi connectivity index (χ1n) is 4.85. The summed E-state index contributed by atoms with van der Waals surface area (Å²) in [5, 5.41) is 0. The molecule has 0 bridgehead atoms. The number of nitrogens with one attached hydrogen (secondary N) is 1. The van der Waals surface area contributed by atoms with Crippen molar-refractivity contribution in [3.05, 3.63) is 28.5 Å².